The fourth-order valence-electron chi connectivity index (χ4n) is 4.07. The third kappa shape index (κ3) is 1.86. The van der Waals surface area contributed by atoms with E-state index >= 15 is 0 Å². The van der Waals surface area contributed by atoms with E-state index in [9.17, 15) is 0 Å². The van der Waals surface area contributed by atoms with Gasteiger partial charge in [-0.3, -0.25) is 0 Å². The third-order valence-corrected chi connectivity index (χ3v) is 5.29. The van der Waals surface area contributed by atoms with E-state index in [0.717, 1.165) is 6.42 Å². The van der Waals surface area contributed by atoms with Gasteiger partial charge in [0.2, 0.25) is 0 Å². The van der Waals surface area contributed by atoms with Crippen LogP contribution in [0.1, 0.15) is 18.1 Å². The molecule has 0 aromatic heterocycles. The maximum atomic E-state index is 2.34. The van der Waals surface area contributed by atoms with Gasteiger partial charge in [-0.05, 0) is 62.7 Å². The van der Waals surface area contributed by atoms with Crippen LogP contribution in [0, 0.1) is 0 Å². The first-order valence-electron chi connectivity index (χ1n) is 8.53. The molecule has 0 radical (unpaired) electrons. The second-order valence-corrected chi connectivity index (χ2v) is 6.61. The lowest BCUT2D eigenvalue weighted by atomic mass is 9.90. The molecule has 0 amide bonds. The fraction of sp³-hybridized carbons (Fsp3) is 0.0833. The van der Waals surface area contributed by atoms with E-state index in [-0.39, 0.29) is 0 Å². The van der Waals surface area contributed by atoms with Crippen LogP contribution in [-0.2, 0) is 6.42 Å². The molecule has 5 rings (SSSR count). The molecule has 0 saturated heterocycles. The summed E-state index contributed by atoms with van der Waals surface area (Å²) in [4.78, 5) is 0. The molecule has 0 heteroatoms. The zero-order valence-electron chi connectivity index (χ0n) is 13.7. The first kappa shape index (κ1) is 13.6. The van der Waals surface area contributed by atoms with Gasteiger partial charge in [0.15, 0.2) is 0 Å². The molecule has 0 bridgehead atoms. The molecule has 0 saturated carbocycles. The lowest BCUT2D eigenvalue weighted by molar-refractivity contribution is 1.31. The highest BCUT2D eigenvalue weighted by atomic mass is 14.2. The molecule has 0 unspecified atom stereocenters. The molecular formula is C24H18. The molecule has 24 heavy (non-hydrogen) atoms. The number of rotatable bonds is 1. The Balaban J connectivity index is 1.85. The van der Waals surface area contributed by atoms with Crippen molar-refractivity contribution in [2.24, 2.45) is 0 Å². The molecule has 1 aliphatic rings. The van der Waals surface area contributed by atoms with Crippen LogP contribution in [0.3, 0.4) is 0 Å². The van der Waals surface area contributed by atoms with Gasteiger partial charge in [-0.15, -0.1) is 0 Å². The van der Waals surface area contributed by atoms with Gasteiger partial charge in [-0.2, -0.15) is 0 Å². The van der Waals surface area contributed by atoms with Crippen molar-refractivity contribution in [2.75, 3.05) is 0 Å². The Morgan fingerprint density at radius 2 is 1.33 bits per heavy atom. The van der Waals surface area contributed by atoms with Crippen molar-refractivity contribution in [3.05, 3.63) is 90.0 Å². The van der Waals surface area contributed by atoms with E-state index in [2.05, 4.69) is 85.8 Å². The number of hydrogen-bond acceptors (Lipinski definition) is 0. The minimum atomic E-state index is 1.04. The molecule has 1 aliphatic carbocycles. The van der Waals surface area contributed by atoms with Crippen molar-refractivity contribution in [1.82, 2.24) is 0 Å². The summed E-state index contributed by atoms with van der Waals surface area (Å²) >= 11 is 0. The Morgan fingerprint density at radius 1 is 0.583 bits per heavy atom. The first-order chi connectivity index (χ1) is 11.8. The minimum absolute atomic E-state index is 1.04. The van der Waals surface area contributed by atoms with E-state index in [1.807, 2.05) is 0 Å². The van der Waals surface area contributed by atoms with E-state index < -0.39 is 0 Å². The number of fused-ring (bicyclic) bond motifs is 4. The smallest absolute Gasteiger partial charge is 0.00793 e. The monoisotopic (exact) mass is 306 g/mol. The number of allylic oxidation sites excluding steroid dienone is 2. The van der Waals surface area contributed by atoms with E-state index in [0.29, 0.717) is 0 Å². The van der Waals surface area contributed by atoms with Crippen LogP contribution in [0.4, 0.5) is 0 Å². The molecule has 0 heterocycles. The van der Waals surface area contributed by atoms with Crippen LogP contribution < -0.4 is 0 Å². The molecule has 0 N–H and O–H groups in total. The van der Waals surface area contributed by atoms with Crippen LogP contribution in [0.15, 0.2) is 78.9 Å². The van der Waals surface area contributed by atoms with Gasteiger partial charge in [0.1, 0.15) is 0 Å². The van der Waals surface area contributed by atoms with Gasteiger partial charge in [0, 0.05) is 0 Å². The second kappa shape index (κ2) is 5.07. The van der Waals surface area contributed by atoms with E-state index in [1.165, 1.54) is 49.4 Å². The van der Waals surface area contributed by atoms with Gasteiger partial charge >= 0.3 is 0 Å². The zero-order chi connectivity index (χ0) is 16.1. The van der Waals surface area contributed by atoms with Crippen LogP contribution in [-0.4, -0.2) is 0 Å². The molecule has 0 atom stereocenters. The molecular weight excluding hydrogens is 288 g/mol. The standard InChI is InChI=1S/C24H18/c1-16-12-14-23-18(16)8-4-10-21(23)22-11-5-9-20-19-7-3-2-6-17(19)13-15-24(20)22/h2-13,15H,14H2,1H3. The van der Waals surface area contributed by atoms with Crippen molar-refractivity contribution in [1.29, 1.82) is 0 Å². The summed E-state index contributed by atoms with van der Waals surface area (Å²) in [5, 5.41) is 5.32. The molecule has 4 aromatic rings. The molecule has 4 aromatic carbocycles. The third-order valence-electron chi connectivity index (χ3n) is 5.29. The maximum Gasteiger partial charge on any atom is -0.00793 e. The van der Waals surface area contributed by atoms with Gasteiger partial charge in [0.25, 0.3) is 0 Å². The molecule has 0 fully saturated rings. The van der Waals surface area contributed by atoms with Crippen LogP contribution in [0.5, 0.6) is 0 Å². The van der Waals surface area contributed by atoms with E-state index in [1.54, 1.807) is 0 Å². The Hall–Kier alpha value is -2.86. The molecule has 0 spiro atoms. The van der Waals surface area contributed by atoms with Gasteiger partial charge in [0.05, 0.1) is 0 Å². The quantitative estimate of drug-likeness (QED) is 0.347. The lowest BCUT2D eigenvalue weighted by Crippen LogP contribution is -1.91. The summed E-state index contributed by atoms with van der Waals surface area (Å²) in [6, 6.07) is 26.6. The largest absolute Gasteiger partial charge is 0.0765 e. The molecule has 0 nitrogen and oxygen atoms in total. The minimum Gasteiger partial charge on any atom is -0.0765 e. The average molecular weight is 306 g/mol. The normalized spacial score (nSPS) is 13.3. The Morgan fingerprint density at radius 3 is 2.29 bits per heavy atom. The summed E-state index contributed by atoms with van der Waals surface area (Å²) in [6.45, 7) is 2.21. The molecule has 0 aliphatic heterocycles. The summed E-state index contributed by atoms with van der Waals surface area (Å²) in [5.74, 6) is 0. The van der Waals surface area contributed by atoms with Crippen molar-refractivity contribution in [2.45, 2.75) is 13.3 Å². The Bertz CT molecular complexity index is 1130. The van der Waals surface area contributed by atoms with Crippen molar-refractivity contribution >= 4 is 27.1 Å². The lowest BCUT2D eigenvalue weighted by Gasteiger charge is -2.13. The highest BCUT2D eigenvalue weighted by Gasteiger charge is 2.16. The van der Waals surface area contributed by atoms with Gasteiger partial charge in [-0.25, -0.2) is 0 Å². The van der Waals surface area contributed by atoms with Crippen LogP contribution >= 0.6 is 0 Å². The predicted octanol–water partition coefficient (Wildman–Crippen LogP) is 6.62. The topological polar surface area (TPSA) is 0 Å². The Labute approximate surface area is 142 Å². The highest BCUT2D eigenvalue weighted by Crippen LogP contribution is 2.39. The SMILES string of the molecule is CC1=CCc2c1cccc2-c1cccc2c1ccc1ccccc12. The fourth-order valence-corrected chi connectivity index (χ4v) is 4.07. The summed E-state index contributed by atoms with van der Waals surface area (Å²) in [6.07, 6.45) is 3.38. The maximum absolute atomic E-state index is 2.34. The zero-order valence-corrected chi connectivity index (χ0v) is 13.7. The van der Waals surface area contributed by atoms with Gasteiger partial charge < -0.3 is 0 Å². The summed E-state index contributed by atoms with van der Waals surface area (Å²) < 4.78 is 0. The highest BCUT2D eigenvalue weighted by molar-refractivity contribution is 6.12. The second-order valence-electron chi connectivity index (χ2n) is 6.61. The van der Waals surface area contributed by atoms with E-state index in [4.69, 9.17) is 0 Å². The van der Waals surface area contributed by atoms with Crippen LogP contribution in [0.2, 0.25) is 0 Å². The number of benzene rings is 4. The van der Waals surface area contributed by atoms with Gasteiger partial charge in [-0.1, -0.05) is 78.9 Å². The summed E-state index contributed by atoms with van der Waals surface area (Å²) in [5.41, 5.74) is 7.00. The Kier molecular flexibility index (Phi) is 2.87. The van der Waals surface area contributed by atoms with Crippen molar-refractivity contribution in [3.63, 3.8) is 0 Å². The number of hydrogen-bond donors (Lipinski definition) is 0. The molecule has 114 valence electrons. The predicted molar refractivity (Wildman–Crippen MR) is 104 cm³/mol. The van der Waals surface area contributed by atoms with Crippen molar-refractivity contribution in [3.8, 4) is 11.1 Å². The first-order valence-corrected chi connectivity index (χ1v) is 8.53. The van der Waals surface area contributed by atoms with Crippen LogP contribution in [0.25, 0.3) is 38.2 Å². The average Bonchev–Trinajstić information content (AvgIpc) is 3.02. The van der Waals surface area contributed by atoms with Crippen molar-refractivity contribution < 1.29 is 0 Å². The summed E-state index contributed by atoms with van der Waals surface area (Å²) in [7, 11) is 0.